The van der Waals surface area contributed by atoms with Gasteiger partial charge in [-0.3, -0.25) is 4.90 Å². The van der Waals surface area contributed by atoms with E-state index >= 15 is 0 Å². The highest BCUT2D eigenvalue weighted by Crippen LogP contribution is 2.32. The lowest BCUT2D eigenvalue weighted by Crippen LogP contribution is -2.34. The summed E-state index contributed by atoms with van der Waals surface area (Å²) in [7, 11) is 0. The van der Waals surface area contributed by atoms with Gasteiger partial charge in [0.15, 0.2) is 0 Å². The summed E-state index contributed by atoms with van der Waals surface area (Å²) in [4.78, 5) is 19.7. The van der Waals surface area contributed by atoms with Crippen molar-refractivity contribution in [1.82, 2.24) is 9.88 Å². The highest BCUT2D eigenvalue weighted by atomic mass is 35.5. The van der Waals surface area contributed by atoms with Crippen molar-refractivity contribution in [3.63, 3.8) is 0 Å². The molecule has 3 rings (SSSR count). The normalized spacial score (nSPS) is 18.7. The van der Waals surface area contributed by atoms with Crippen LogP contribution in [0.25, 0.3) is 0 Å². The first-order valence-electron chi connectivity index (χ1n) is 8.12. The van der Waals surface area contributed by atoms with Crippen molar-refractivity contribution >= 4 is 28.9 Å². The number of aromatic carboxylic acids is 1. The van der Waals surface area contributed by atoms with E-state index in [1.54, 1.807) is 29.5 Å². The SMILES string of the molecule is Cc1nc(C2CCCN(Cc3c(Cl)cccc3C(=O)O)C2)sc1C. The number of aromatic nitrogens is 1. The monoisotopic (exact) mass is 364 g/mol. The number of benzene rings is 1. The number of carboxylic acids is 1. The van der Waals surface area contributed by atoms with Crippen LogP contribution in [-0.2, 0) is 6.54 Å². The van der Waals surface area contributed by atoms with E-state index in [0.717, 1.165) is 31.6 Å². The molecule has 4 nitrogen and oxygen atoms in total. The van der Waals surface area contributed by atoms with Gasteiger partial charge in [-0.25, -0.2) is 9.78 Å². The summed E-state index contributed by atoms with van der Waals surface area (Å²) in [6.45, 7) is 6.60. The fourth-order valence-corrected chi connectivity index (χ4v) is 4.50. The predicted molar refractivity (Wildman–Crippen MR) is 97.3 cm³/mol. The maximum atomic E-state index is 11.5. The highest BCUT2D eigenvalue weighted by Gasteiger charge is 2.26. The van der Waals surface area contributed by atoms with Gasteiger partial charge in [0.25, 0.3) is 0 Å². The van der Waals surface area contributed by atoms with Crippen LogP contribution in [0.5, 0.6) is 0 Å². The topological polar surface area (TPSA) is 53.4 Å². The third kappa shape index (κ3) is 3.63. The Kier molecular flexibility index (Phi) is 5.23. The summed E-state index contributed by atoms with van der Waals surface area (Å²) >= 11 is 8.05. The summed E-state index contributed by atoms with van der Waals surface area (Å²) in [6.07, 6.45) is 2.23. The molecule has 0 amide bonds. The first-order chi connectivity index (χ1) is 11.5. The number of hydrogen-bond donors (Lipinski definition) is 1. The van der Waals surface area contributed by atoms with Crippen LogP contribution < -0.4 is 0 Å². The molecule has 0 spiro atoms. The maximum Gasteiger partial charge on any atom is 0.336 e. The zero-order valence-corrected chi connectivity index (χ0v) is 15.5. The lowest BCUT2D eigenvalue weighted by molar-refractivity contribution is 0.0694. The smallest absolute Gasteiger partial charge is 0.336 e. The van der Waals surface area contributed by atoms with Gasteiger partial charge < -0.3 is 5.11 Å². The molecule has 1 saturated heterocycles. The molecule has 1 atom stereocenters. The number of nitrogens with zero attached hydrogens (tertiary/aromatic N) is 2. The summed E-state index contributed by atoms with van der Waals surface area (Å²) in [6, 6.07) is 5.08. The van der Waals surface area contributed by atoms with Crippen LogP contribution in [0.3, 0.4) is 0 Å². The van der Waals surface area contributed by atoms with Crippen molar-refractivity contribution in [1.29, 1.82) is 0 Å². The largest absolute Gasteiger partial charge is 0.478 e. The van der Waals surface area contributed by atoms with Crippen molar-refractivity contribution < 1.29 is 9.90 Å². The molecule has 2 heterocycles. The Balaban J connectivity index is 1.78. The standard InChI is InChI=1S/C18H21ClN2O2S/c1-11-12(2)24-17(20-11)13-5-4-8-21(9-13)10-15-14(18(22)23)6-3-7-16(15)19/h3,6-7,13H,4-5,8-10H2,1-2H3,(H,22,23). The third-order valence-electron chi connectivity index (χ3n) is 4.63. The Hall–Kier alpha value is -1.43. The zero-order valence-electron chi connectivity index (χ0n) is 13.9. The number of hydrogen-bond acceptors (Lipinski definition) is 4. The minimum absolute atomic E-state index is 0.297. The second kappa shape index (κ2) is 7.21. The molecule has 1 aliphatic rings. The molecule has 1 unspecified atom stereocenters. The molecule has 0 radical (unpaired) electrons. The van der Waals surface area contributed by atoms with Gasteiger partial charge in [0, 0.05) is 28.9 Å². The number of carboxylic acid groups (broad SMARTS) is 1. The molecule has 128 valence electrons. The molecule has 1 aromatic heterocycles. The lowest BCUT2D eigenvalue weighted by Gasteiger charge is -2.32. The molecule has 1 aromatic carbocycles. The second-order valence-corrected chi connectivity index (χ2v) is 7.98. The van der Waals surface area contributed by atoms with E-state index in [1.807, 2.05) is 0 Å². The highest BCUT2D eigenvalue weighted by molar-refractivity contribution is 7.11. The van der Waals surface area contributed by atoms with Crippen molar-refractivity contribution in [2.24, 2.45) is 0 Å². The summed E-state index contributed by atoms with van der Waals surface area (Å²) in [5, 5.41) is 11.1. The molecule has 0 aliphatic carbocycles. The van der Waals surface area contributed by atoms with Crippen LogP contribution in [0, 0.1) is 13.8 Å². The number of aryl methyl sites for hydroxylation is 2. The number of halogens is 1. The summed E-state index contributed by atoms with van der Waals surface area (Å²) in [5.74, 6) is -0.501. The average Bonchev–Trinajstić information content (AvgIpc) is 2.89. The molecule has 2 aromatic rings. The van der Waals surface area contributed by atoms with E-state index in [4.69, 9.17) is 16.6 Å². The van der Waals surface area contributed by atoms with Gasteiger partial charge in [0.05, 0.1) is 16.3 Å². The molecule has 1 N–H and O–H groups in total. The van der Waals surface area contributed by atoms with Gasteiger partial charge in [-0.2, -0.15) is 0 Å². The van der Waals surface area contributed by atoms with Gasteiger partial charge in [-0.1, -0.05) is 17.7 Å². The first-order valence-corrected chi connectivity index (χ1v) is 9.32. The lowest BCUT2D eigenvalue weighted by atomic mass is 9.97. The van der Waals surface area contributed by atoms with E-state index in [2.05, 4.69) is 18.7 Å². The Morgan fingerprint density at radius 3 is 2.92 bits per heavy atom. The van der Waals surface area contributed by atoms with Crippen LogP contribution in [0.2, 0.25) is 5.02 Å². The number of thiazole rings is 1. The van der Waals surface area contributed by atoms with E-state index in [0.29, 0.717) is 28.6 Å². The molecule has 24 heavy (non-hydrogen) atoms. The van der Waals surface area contributed by atoms with Crippen molar-refractivity contribution in [3.05, 3.63) is 49.9 Å². The fourth-order valence-electron chi connectivity index (χ4n) is 3.22. The van der Waals surface area contributed by atoms with Gasteiger partial charge >= 0.3 is 5.97 Å². The Bertz CT molecular complexity index is 740. The molecule has 0 saturated carbocycles. The summed E-state index contributed by atoms with van der Waals surface area (Å²) in [5.41, 5.74) is 2.12. The van der Waals surface area contributed by atoms with Gasteiger partial charge in [-0.05, 0) is 50.9 Å². The number of likely N-dealkylation sites (tertiary alicyclic amines) is 1. The molecule has 0 bridgehead atoms. The number of rotatable bonds is 4. The minimum Gasteiger partial charge on any atom is -0.478 e. The Morgan fingerprint density at radius 1 is 1.46 bits per heavy atom. The Labute approximate surface area is 151 Å². The van der Waals surface area contributed by atoms with Gasteiger partial charge in [0.1, 0.15) is 0 Å². The summed E-state index contributed by atoms with van der Waals surface area (Å²) < 4.78 is 0. The van der Waals surface area contributed by atoms with Crippen molar-refractivity contribution in [3.8, 4) is 0 Å². The van der Waals surface area contributed by atoms with E-state index in [9.17, 15) is 9.90 Å². The van der Waals surface area contributed by atoms with Crippen LogP contribution >= 0.6 is 22.9 Å². The van der Waals surface area contributed by atoms with E-state index in [1.165, 1.54) is 9.88 Å². The van der Waals surface area contributed by atoms with Crippen LogP contribution in [0.4, 0.5) is 0 Å². The maximum absolute atomic E-state index is 11.5. The minimum atomic E-state index is -0.924. The zero-order chi connectivity index (χ0) is 17.3. The molecular weight excluding hydrogens is 344 g/mol. The first kappa shape index (κ1) is 17.4. The van der Waals surface area contributed by atoms with Crippen molar-refractivity contribution in [2.45, 2.75) is 39.2 Å². The van der Waals surface area contributed by atoms with Gasteiger partial charge in [-0.15, -0.1) is 11.3 Å². The van der Waals surface area contributed by atoms with Crippen molar-refractivity contribution in [2.75, 3.05) is 13.1 Å². The van der Waals surface area contributed by atoms with E-state index < -0.39 is 5.97 Å². The Morgan fingerprint density at radius 2 is 2.25 bits per heavy atom. The molecule has 1 aliphatic heterocycles. The molecule has 1 fully saturated rings. The fraction of sp³-hybridized carbons (Fsp3) is 0.444. The molecular formula is C18H21ClN2O2S. The number of carbonyl (C=O) groups is 1. The van der Waals surface area contributed by atoms with Crippen LogP contribution in [0.1, 0.15) is 50.3 Å². The number of piperidine rings is 1. The molecule has 6 heteroatoms. The van der Waals surface area contributed by atoms with Gasteiger partial charge in [0.2, 0.25) is 0 Å². The van der Waals surface area contributed by atoms with E-state index in [-0.39, 0.29) is 0 Å². The average molecular weight is 365 g/mol. The second-order valence-electron chi connectivity index (χ2n) is 6.34. The van der Waals surface area contributed by atoms with Crippen LogP contribution in [-0.4, -0.2) is 34.0 Å². The quantitative estimate of drug-likeness (QED) is 0.868. The third-order valence-corrected chi connectivity index (χ3v) is 6.22. The van der Waals surface area contributed by atoms with Crippen LogP contribution in [0.15, 0.2) is 18.2 Å². The predicted octanol–water partition coefficient (Wildman–Crippen LogP) is 4.49.